The first-order valence-corrected chi connectivity index (χ1v) is 10.4. The van der Waals surface area contributed by atoms with Crippen LogP contribution in [0.4, 0.5) is 0 Å². The molecule has 1 N–H and O–H groups in total. The SMILES string of the molecule is CCCSC1=NN2C(=c3ccccc3=N[C@@H]2c2ccc(OC)c(OC)c2)C(=O)N1. The highest BCUT2D eigenvalue weighted by molar-refractivity contribution is 8.13. The number of hydrogen-bond donors (Lipinski definition) is 1. The van der Waals surface area contributed by atoms with Crippen LogP contribution in [0.5, 0.6) is 11.5 Å². The third-order valence-corrected chi connectivity index (χ3v) is 5.73. The second-order valence-corrected chi connectivity index (χ2v) is 7.62. The molecular weight excluding hydrogens is 388 g/mol. The van der Waals surface area contributed by atoms with E-state index in [-0.39, 0.29) is 5.91 Å². The Hall–Kier alpha value is -3.00. The number of fused-ring (bicyclic) bond motifs is 2. The van der Waals surface area contributed by atoms with Gasteiger partial charge in [0.15, 0.2) is 22.8 Å². The predicted molar refractivity (Wildman–Crippen MR) is 113 cm³/mol. The van der Waals surface area contributed by atoms with Gasteiger partial charge in [-0.25, -0.2) is 5.01 Å². The Morgan fingerprint density at radius 1 is 1.14 bits per heavy atom. The molecule has 0 saturated heterocycles. The zero-order chi connectivity index (χ0) is 20.4. The van der Waals surface area contributed by atoms with Crippen molar-refractivity contribution >= 4 is 28.5 Å². The van der Waals surface area contributed by atoms with Gasteiger partial charge >= 0.3 is 0 Å². The summed E-state index contributed by atoms with van der Waals surface area (Å²) < 4.78 is 10.8. The molecule has 0 bridgehead atoms. The highest BCUT2D eigenvalue weighted by atomic mass is 32.2. The van der Waals surface area contributed by atoms with Crippen molar-refractivity contribution in [2.75, 3.05) is 20.0 Å². The molecule has 2 aromatic rings. The summed E-state index contributed by atoms with van der Waals surface area (Å²) in [4.78, 5) is 17.9. The van der Waals surface area contributed by atoms with Crippen molar-refractivity contribution < 1.29 is 14.3 Å². The topological polar surface area (TPSA) is 75.5 Å². The van der Waals surface area contributed by atoms with Crippen LogP contribution in [0.2, 0.25) is 0 Å². The fourth-order valence-electron chi connectivity index (χ4n) is 3.32. The largest absolute Gasteiger partial charge is 0.493 e. The van der Waals surface area contributed by atoms with Crippen molar-refractivity contribution in [1.82, 2.24) is 10.3 Å². The summed E-state index contributed by atoms with van der Waals surface area (Å²) in [5.41, 5.74) is 1.35. The van der Waals surface area contributed by atoms with Crippen LogP contribution in [-0.2, 0) is 4.79 Å². The quantitative estimate of drug-likeness (QED) is 0.816. The number of para-hydroxylation sites is 1. The van der Waals surface area contributed by atoms with Gasteiger partial charge in [-0.15, -0.1) is 5.10 Å². The van der Waals surface area contributed by atoms with E-state index in [1.807, 2.05) is 42.5 Å². The first kappa shape index (κ1) is 19.3. The lowest BCUT2D eigenvalue weighted by atomic mass is 10.1. The second-order valence-electron chi connectivity index (χ2n) is 6.54. The average Bonchev–Trinajstić information content (AvgIpc) is 2.76. The molecule has 2 aromatic carbocycles. The number of carbonyl (C=O) groups is 1. The van der Waals surface area contributed by atoms with E-state index in [4.69, 9.17) is 19.6 Å². The number of amidine groups is 1. The third kappa shape index (κ3) is 3.55. The van der Waals surface area contributed by atoms with Crippen molar-refractivity contribution in [3.63, 3.8) is 0 Å². The number of thioether (sulfide) groups is 1. The van der Waals surface area contributed by atoms with E-state index in [1.165, 1.54) is 11.8 Å². The minimum atomic E-state index is -0.483. The summed E-state index contributed by atoms with van der Waals surface area (Å²) in [6.45, 7) is 2.09. The van der Waals surface area contributed by atoms with Gasteiger partial charge in [0.2, 0.25) is 0 Å². The van der Waals surface area contributed by atoms with Crippen LogP contribution in [0.15, 0.2) is 52.6 Å². The van der Waals surface area contributed by atoms with E-state index in [9.17, 15) is 4.79 Å². The Labute approximate surface area is 173 Å². The second kappa shape index (κ2) is 8.16. The predicted octanol–water partition coefficient (Wildman–Crippen LogP) is 1.99. The van der Waals surface area contributed by atoms with Gasteiger partial charge in [-0.2, -0.15) is 0 Å². The van der Waals surface area contributed by atoms with E-state index in [0.29, 0.717) is 22.4 Å². The summed E-state index contributed by atoms with van der Waals surface area (Å²) in [6.07, 6.45) is 0.505. The van der Waals surface area contributed by atoms with Crippen molar-refractivity contribution in [3.05, 3.63) is 58.6 Å². The Kier molecular flexibility index (Phi) is 5.44. The van der Waals surface area contributed by atoms with Gasteiger partial charge in [0.05, 0.1) is 19.6 Å². The van der Waals surface area contributed by atoms with Crippen molar-refractivity contribution in [2.45, 2.75) is 19.5 Å². The molecule has 0 unspecified atom stereocenters. The highest BCUT2D eigenvalue weighted by Gasteiger charge is 2.34. The number of nitrogens with one attached hydrogen (secondary N) is 1. The number of nitrogens with zero attached hydrogens (tertiary/aromatic N) is 3. The van der Waals surface area contributed by atoms with Crippen LogP contribution >= 0.6 is 11.8 Å². The minimum absolute atomic E-state index is 0.175. The summed E-state index contributed by atoms with van der Waals surface area (Å²) in [5, 5.41) is 11.5. The average molecular weight is 410 g/mol. The van der Waals surface area contributed by atoms with Gasteiger partial charge < -0.3 is 9.47 Å². The van der Waals surface area contributed by atoms with Crippen LogP contribution in [0.3, 0.4) is 0 Å². The molecule has 29 heavy (non-hydrogen) atoms. The molecule has 1 atom stereocenters. The Bertz CT molecular complexity index is 1100. The molecule has 8 heteroatoms. The summed E-state index contributed by atoms with van der Waals surface area (Å²) in [5.74, 6) is 1.94. The van der Waals surface area contributed by atoms with Crippen LogP contribution in [-0.4, -0.2) is 36.1 Å². The standard InChI is InChI=1S/C21H22N4O3S/c1-4-11-29-21-23-20(26)18-14-7-5-6-8-15(14)22-19(25(18)24-21)13-9-10-16(27-2)17(12-13)28-3/h5-10,12,19H,4,11H2,1-3H3,(H,23,24,26)/t19-/m0/s1. The van der Waals surface area contributed by atoms with E-state index in [1.54, 1.807) is 19.2 Å². The Morgan fingerprint density at radius 3 is 2.69 bits per heavy atom. The molecule has 0 radical (unpaired) electrons. The van der Waals surface area contributed by atoms with Crippen molar-refractivity contribution in [3.8, 4) is 11.5 Å². The van der Waals surface area contributed by atoms with Crippen LogP contribution in [0, 0.1) is 0 Å². The first-order chi connectivity index (χ1) is 14.2. The number of hydrogen-bond acceptors (Lipinski definition) is 7. The van der Waals surface area contributed by atoms with Crippen LogP contribution in [0.25, 0.3) is 5.70 Å². The Balaban J connectivity index is 1.88. The molecule has 0 fully saturated rings. The lowest BCUT2D eigenvalue weighted by Gasteiger charge is -2.34. The highest BCUT2D eigenvalue weighted by Crippen LogP contribution is 2.35. The fraction of sp³-hybridized carbons (Fsp3) is 0.286. The van der Waals surface area contributed by atoms with Crippen molar-refractivity contribution in [2.24, 2.45) is 10.1 Å². The zero-order valence-electron chi connectivity index (χ0n) is 16.5. The molecule has 0 saturated carbocycles. The lowest BCUT2D eigenvalue weighted by Crippen LogP contribution is -2.50. The first-order valence-electron chi connectivity index (χ1n) is 9.37. The van der Waals surface area contributed by atoms with Gasteiger partial charge in [-0.1, -0.05) is 43.0 Å². The molecular formula is C21H22N4O3S. The number of benzene rings is 2. The molecule has 2 heterocycles. The summed E-state index contributed by atoms with van der Waals surface area (Å²) in [7, 11) is 3.19. The number of ether oxygens (including phenoxy) is 2. The monoisotopic (exact) mass is 410 g/mol. The van der Waals surface area contributed by atoms with E-state index >= 15 is 0 Å². The molecule has 2 aliphatic heterocycles. The summed E-state index contributed by atoms with van der Waals surface area (Å²) in [6, 6.07) is 13.2. The smallest absolute Gasteiger partial charge is 0.276 e. The maximum atomic E-state index is 13.0. The van der Waals surface area contributed by atoms with Gasteiger partial charge in [0, 0.05) is 16.5 Å². The van der Waals surface area contributed by atoms with Gasteiger partial charge in [-0.05, 0) is 24.6 Å². The molecule has 0 aromatic heterocycles. The molecule has 1 amide bonds. The van der Waals surface area contributed by atoms with E-state index in [0.717, 1.165) is 28.3 Å². The minimum Gasteiger partial charge on any atom is -0.493 e. The third-order valence-electron chi connectivity index (χ3n) is 4.66. The molecule has 0 aliphatic carbocycles. The van der Waals surface area contributed by atoms with Crippen molar-refractivity contribution in [1.29, 1.82) is 0 Å². The number of carbonyl (C=O) groups excluding carboxylic acids is 1. The molecule has 2 aliphatic rings. The number of methoxy groups -OCH3 is 2. The Morgan fingerprint density at radius 2 is 1.93 bits per heavy atom. The summed E-state index contributed by atoms with van der Waals surface area (Å²) >= 11 is 1.53. The van der Waals surface area contributed by atoms with Crippen LogP contribution in [0.1, 0.15) is 25.1 Å². The normalized spacial score (nSPS) is 17.6. The maximum absolute atomic E-state index is 13.0. The fourth-order valence-corrected chi connectivity index (χ4v) is 4.03. The molecule has 4 rings (SSSR count). The number of amides is 1. The molecule has 0 spiro atoms. The van der Waals surface area contributed by atoms with Gasteiger partial charge in [-0.3, -0.25) is 15.1 Å². The van der Waals surface area contributed by atoms with Crippen LogP contribution < -0.4 is 25.4 Å². The zero-order valence-corrected chi connectivity index (χ0v) is 17.3. The maximum Gasteiger partial charge on any atom is 0.276 e. The molecule has 150 valence electrons. The molecule has 7 nitrogen and oxygen atoms in total. The number of hydrazone groups is 1. The van der Waals surface area contributed by atoms with Gasteiger partial charge in [0.1, 0.15) is 5.70 Å². The van der Waals surface area contributed by atoms with E-state index in [2.05, 4.69) is 12.2 Å². The lowest BCUT2D eigenvalue weighted by molar-refractivity contribution is -0.116. The van der Waals surface area contributed by atoms with Gasteiger partial charge in [0.25, 0.3) is 5.91 Å². The number of rotatable bonds is 5. The van der Waals surface area contributed by atoms with E-state index < -0.39 is 6.17 Å².